The van der Waals surface area contributed by atoms with E-state index >= 15 is 0 Å². The number of non-ortho nitro benzene ring substituents is 1. The van der Waals surface area contributed by atoms with E-state index in [4.69, 9.17) is 4.74 Å². The molecule has 0 spiro atoms. The molecule has 2 aromatic heterocycles. The second kappa shape index (κ2) is 6.29. The molecule has 0 atom stereocenters. The van der Waals surface area contributed by atoms with E-state index in [9.17, 15) is 10.1 Å². The van der Waals surface area contributed by atoms with Gasteiger partial charge in [0.1, 0.15) is 17.3 Å². The van der Waals surface area contributed by atoms with Crippen molar-refractivity contribution in [1.29, 1.82) is 0 Å². The molecule has 0 aliphatic rings. The first-order valence-corrected chi connectivity index (χ1v) is 7.93. The van der Waals surface area contributed by atoms with Crippen molar-refractivity contribution in [3.05, 3.63) is 76.5 Å². The van der Waals surface area contributed by atoms with Crippen LogP contribution in [0.4, 0.5) is 5.69 Å². The van der Waals surface area contributed by atoms with E-state index in [2.05, 4.69) is 15.0 Å². The Labute approximate surface area is 148 Å². The van der Waals surface area contributed by atoms with Crippen LogP contribution in [0, 0.1) is 17.0 Å². The SMILES string of the molecule is Cc1ccc(-c2nc3ncc(Oc4ccc([N+](=O)[O-])cc4)cc3[nH]2)cc1. The molecule has 4 aromatic rings. The fourth-order valence-electron chi connectivity index (χ4n) is 2.56. The molecule has 0 unspecified atom stereocenters. The third-order valence-electron chi connectivity index (χ3n) is 3.92. The van der Waals surface area contributed by atoms with Crippen LogP contribution in [0.3, 0.4) is 0 Å². The summed E-state index contributed by atoms with van der Waals surface area (Å²) in [6.07, 6.45) is 1.57. The Hall–Kier alpha value is -3.74. The number of aromatic amines is 1. The highest BCUT2D eigenvalue weighted by Crippen LogP contribution is 2.26. The monoisotopic (exact) mass is 346 g/mol. The van der Waals surface area contributed by atoms with Gasteiger partial charge in [-0.05, 0) is 19.1 Å². The van der Waals surface area contributed by atoms with Crippen molar-refractivity contribution < 1.29 is 9.66 Å². The van der Waals surface area contributed by atoms with Crippen molar-refractivity contribution >= 4 is 16.9 Å². The van der Waals surface area contributed by atoms with Crippen LogP contribution in [0.2, 0.25) is 0 Å². The summed E-state index contributed by atoms with van der Waals surface area (Å²) >= 11 is 0. The summed E-state index contributed by atoms with van der Waals surface area (Å²) in [5, 5.41) is 10.7. The summed E-state index contributed by atoms with van der Waals surface area (Å²) < 4.78 is 5.72. The molecule has 0 fully saturated rings. The zero-order valence-corrected chi connectivity index (χ0v) is 13.8. The van der Waals surface area contributed by atoms with E-state index in [-0.39, 0.29) is 5.69 Å². The molecule has 0 aliphatic carbocycles. The largest absolute Gasteiger partial charge is 0.456 e. The van der Waals surface area contributed by atoms with E-state index < -0.39 is 4.92 Å². The van der Waals surface area contributed by atoms with Crippen molar-refractivity contribution in [3.8, 4) is 22.9 Å². The molecule has 0 saturated heterocycles. The van der Waals surface area contributed by atoms with Gasteiger partial charge in [0.25, 0.3) is 5.69 Å². The van der Waals surface area contributed by atoms with Crippen molar-refractivity contribution in [2.45, 2.75) is 6.92 Å². The molecule has 0 amide bonds. The first-order chi connectivity index (χ1) is 12.6. The van der Waals surface area contributed by atoms with Crippen molar-refractivity contribution in [2.24, 2.45) is 0 Å². The minimum atomic E-state index is -0.450. The van der Waals surface area contributed by atoms with E-state index in [1.807, 2.05) is 31.2 Å². The molecule has 4 rings (SSSR count). The van der Waals surface area contributed by atoms with Crippen LogP contribution in [-0.4, -0.2) is 19.9 Å². The molecule has 7 nitrogen and oxygen atoms in total. The summed E-state index contributed by atoms with van der Waals surface area (Å²) in [7, 11) is 0. The molecule has 0 saturated carbocycles. The highest BCUT2D eigenvalue weighted by molar-refractivity contribution is 5.77. The number of aryl methyl sites for hydroxylation is 1. The van der Waals surface area contributed by atoms with Gasteiger partial charge in [-0.25, -0.2) is 9.97 Å². The summed E-state index contributed by atoms with van der Waals surface area (Å²) in [6.45, 7) is 2.03. The average molecular weight is 346 g/mol. The molecule has 128 valence electrons. The molecular formula is C19H14N4O3. The van der Waals surface area contributed by atoms with Gasteiger partial charge < -0.3 is 9.72 Å². The van der Waals surface area contributed by atoms with Gasteiger partial charge in [-0.2, -0.15) is 0 Å². The number of nitrogens with zero attached hydrogens (tertiary/aromatic N) is 3. The number of H-pyrrole nitrogens is 1. The van der Waals surface area contributed by atoms with Crippen LogP contribution in [0.15, 0.2) is 60.8 Å². The Balaban J connectivity index is 1.61. The number of ether oxygens (including phenoxy) is 1. The van der Waals surface area contributed by atoms with Crippen LogP contribution in [0.5, 0.6) is 11.5 Å². The minimum absolute atomic E-state index is 0.0160. The van der Waals surface area contributed by atoms with E-state index in [1.54, 1.807) is 24.4 Å². The van der Waals surface area contributed by atoms with Crippen LogP contribution in [0.1, 0.15) is 5.56 Å². The van der Waals surface area contributed by atoms with Crippen LogP contribution < -0.4 is 4.74 Å². The molecular weight excluding hydrogens is 332 g/mol. The number of aromatic nitrogens is 3. The summed E-state index contributed by atoms with van der Waals surface area (Å²) in [5.41, 5.74) is 3.52. The third kappa shape index (κ3) is 3.10. The number of nitrogens with one attached hydrogen (secondary N) is 1. The van der Waals surface area contributed by atoms with Gasteiger partial charge in [-0.3, -0.25) is 10.1 Å². The summed E-state index contributed by atoms with van der Waals surface area (Å²) in [6, 6.07) is 15.7. The zero-order valence-electron chi connectivity index (χ0n) is 13.8. The molecule has 0 radical (unpaired) electrons. The lowest BCUT2D eigenvalue weighted by molar-refractivity contribution is -0.384. The Bertz CT molecular complexity index is 1090. The lowest BCUT2D eigenvalue weighted by Crippen LogP contribution is -1.89. The zero-order chi connectivity index (χ0) is 18.1. The average Bonchev–Trinajstić information content (AvgIpc) is 3.06. The van der Waals surface area contributed by atoms with E-state index in [0.29, 0.717) is 17.1 Å². The fraction of sp³-hybridized carbons (Fsp3) is 0.0526. The molecule has 2 aromatic carbocycles. The smallest absolute Gasteiger partial charge is 0.269 e. The predicted octanol–water partition coefficient (Wildman–Crippen LogP) is 4.63. The number of hydrogen-bond donors (Lipinski definition) is 1. The number of pyridine rings is 1. The number of imidazole rings is 1. The minimum Gasteiger partial charge on any atom is -0.456 e. The Kier molecular flexibility index (Phi) is 3.81. The van der Waals surface area contributed by atoms with Gasteiger partial charge in [0.05, 0.1) is 16.6 Å². The number of nitro benzene ring substituents is 1. The van der Waals surface area contributed by atoms with Gasteiger partial charge in [0.15, 0.2) is 5.65 Å². The quantitative estimate of drug-likeness (QED) is 0.429. The van der Waals surface area contributed by atoms with Gasteiger partial charge >= 0.3 is 0 Å². The van der Waals surface area contributed by atoms with Crippen LogP contribution >= 0.6 is 0 Å². The molecule has 0 bridgehead atoms. The first kappa shape index (κ1) is 15.8. The van der Waals surface area contributed by atoms with Gasteiger partial charge in [-0.1, -0.05) is 29.8 Å². The van der Waals surface area contributed by atoms with Crippen molar-refractivity contribution in [1.82, 2.24) is 15.0 Å². The van der Waals surface area contributed by atoms with E-state index in [0.717, 1.165) is 16.9 Å². The Morgan fingerprint density at radius 2 is 1.77 bits per heavy atom. The van der Waals surface area contributed by atoms with Crippen LogP contribution in [0.25, 0.3) is 22.6 Å². The lowest BCUT2D eigenvalue weighted by atomic mass is 10.1. The highest BCUT2D eigenvalue weighted by Gasteiger charge is 2.09. The van der Waals surface area contributed by atoms with Gasteiger partial charge in [0, 0.05) is 23.8 Å². The Morgan fingerprint density at radius 3 is 2.46 bits per heavy atom. The molecule has 2 heterocycles. The topological polar surface area (TPSA) is 93.9 Å². The third-order valence-corrected chi connectivity index (χ3v) is 3.92. The molecule has 26 heavy (non-hydrogen) atoms. The number of nitro groups is 1. The van der Waals surface area contributed by atoms with Crippen molar-refractivity contribution in [3.63, 3.8) is 0 Å². The fourth-order valence-corrected chi connectivity index (χ4v) is 2.56. The maximum Gasteiger partial charge on any atom is 0.269 e. The van der Waals surface area contributed by atoms with Gasteiger partial charge in [-0.15, -0.1) is 0 Å². The van der Waals surface area contributed by atoms with Gasteiger partial charge in [0.2, 0.25) is 0 Å². The normalized spacial score (nSPS) is 10.8. The Morgan fingerprint density at radius 1 is 1.04 bits per heavy atom. The molecule has 7 heteroatoms. The second-order valence-corrected chi connectivity index (χ2v) is 5.85. The van der Waals surface area contributed by atoms with Crippen LogP contribution in [-0.2, 0) is 0 Å². The number of benzene rings is 2. The summed E-state index contributed by atoms with van der Waals surface area (Å²) in [4.78, 5) is 22.3. The molecule has 0 aliphatic heterocycles. The summed E-state index contributed by atoms with van der Waals surface area (Å²) in [5.74, 6) is 1.75. The first-order valence-electron chi connectivity index (χ1n) is 7.93. The van der Waals surface area contributed by atoms with E-state index in [1.165, 1.54) is 17.7 Å². The standard InChI is InChI=1S/C19H14N4O3/c1-12-2-4-13(5-3-12)18-21-17-10-16(11-20-19(17)22-18)26-15-8-6-14(7-9-15)23(24)25/h2-11H,1H3,(H,20,21,22). The molecule has 1 N–H and O–H groups in total. The van der Waals surface area contributed by atoms with Crippen molar-refractivity contribution in [2.75, 3.05) is 0 Å². The lowest BCUT2D eigenvalue weighted by Gasteiger charge is -2.04. The maximum absolute atomic E-state index is 10.7. The second-order valence-electron chi connectivity index (χ2n) is 5.85. The number of fused-ring (bicyclic) bond motifs is 1. The number of hydrogen-bond acceptors (Lipinski definition) is 5. The number of rotatable bonds is 4. The predicted molar refractivity (Wildman–Crippen MR) is 97.2 cm³/mol. The highest BCUT2D eigenvalue weighted by atomic mass is 16.6. The maximum atomic E-state index is 10.7.